The summed E-state index contributed by atoms with van der Waals surface area (Å²) in [6.45, 7) is 0. The van der Waals surface area contributed by atoms with E-state index in [9.17, 15) is 4.79 Å². The highest BCUT2D eigenvalue weighted by Gasteiger charge is 2.11. The van der Waals surface area contributed by atoms with Crippen LogP contribution in [0.2, 0.25) is 0 Å². The number of fused-ring (bicyclic) bond motifs is 1. The largest absolute Gasteiger partial charge is 0.306 e. The third kappa shape index (κ3) is 2.73. The number of H-pyrrole nitrogens is 1. The Labute approximate surface area is 144 Å². The van der Waals surface area contributed by atoms with Crippen molar-refractivity contribution in [3.8, 4) is 21.8 Å². The molecule has 3 nitrogen and oxygen atoms in total. The van der Waals surface area contributed by atoms with Gasteiger partial charge in [-0.25, -0.2) is 4.98 Å². The van der Waals surface area contributed by atoms with E-state index < -0.39 is 0 Å². The fourth-order valence-electron chi connectivity index (χ4n) is 2.42. The van der Waals surface area contributed by atoms with Gasteiger partial charge in [-0.3, -0.25) is 4.79 Å². The van der Waals surface area contributed by atoms with Crippen molar-refractivity contribution in [3.63, 3.8) is 0 Å². The van der Waals surface area contributed by atoms with Crippen LogP contribution in [0.1, 0.15) is 0 Å². The molecule has 2 heterocycles. The molecule has 5 heteroatoms. The average molecular weight is 383 g/mol. The first-order chi connectivity index (χ1) is 11.2. The van der Waals surface area contributed by atoms with E-state index in [2.05, 4.69) is 25.9 Å². The number of thiophene rings is 1. The number of benzene rings is 2. The van der Waals surface area contributed by atoms with E-state index in [0.29, 0.717) is 11.2 Å². The Kier molecular flexibility index (Phi) is 3.59. The van der Waals surface area contributed by atoms with Crippen molar-refractivity contribution in [2.24, 2.45) is 0 Å². The van der Waals surface area contributed by atoms with Crippen LogP contribution >= 0.6 is 27.3 Å². The molecule has 0 unspecified atom stereocenters. The van der Waals surface area contributed by atoms with Crippen LogP contribution in [0.3, 0.4) is 0 Å². The fourth-order valence-corrected chi connectivity index (χ4v) is 3.72. The predicted molar refractivity (Wildman–Crippen MR) is 98.8 cm³/mol. The fraction of sp³-hybridized carbons (Fsp3) is 0. The summed E-state index contributed by atoms with van der Waals surface area (Å²) in [5, 5.41) is 0.634. The molecule has 0 fully saturated rings. The summed E-state index contributed by atoms with van der Waals surface area (Å²) < 4.78 is 0.993. The molecule has 4 rings (SSSR count). The second-order valence-corrected chi connectivity index (χ2v) is 7.06. The number of aromatic nitrogens is 2. The van der Waals surface area contributed by atoms with Gasteiger partial charge in [0.2, 0.25) is 0 Å². The summed E-state index contributed by atoms with van der Waals surface area (Å²) in [6.07, 6.45) is 0. The van der Waals surface area contributed by atoms with Gasteiger partial charge in [0.25, 0.3) is 5.56 Å². The van der Waals surface area contributed by atoms with Crippen molar-refractivity contribution in [3.05, 3.63) is 75.5 Å². The Morgan fingerprint density at radius 3 is 2.43 bits per heavy atom. The molecule has 2 aromatic heterocycles. The molecular formula is C18H11BrN2OS. The lowest BCUT2D eigenvalue weighted by atomic mass is 10.2. The molecular weight excluding hydrogens is 372 g/mol. The van der Waals surface area contributed by atoms with Crippen LogP contribution in [0, 0.1) is 0 Å². The Morgan fingerprint density at radius 1 is 0.957 bits per heavy atom. The van der Waals surface area contributed by atoms with Crippen molar-refractivity contribution in [2.75, 3.05) is 0 Å². The van der Waals surface area contributed by atoms with Crippen LogP contribution in [0.25, 0.3) is 32.0 Å². The number of halogens is 1. The van der Waals surface area contributed by atoms with E-state index in [0.717, 1.165) is 25.3 Å². The van der Waals surface area contributed by atoms with Crippen LogP contribution in [0.15, 0.2) is 69.9 Å². The van der Waals surface area contributed by atoms with Crippen molar-refractivity contribution in [1.29, 1.82) is 0 Å². The zero-order valence-corrected chi connectivity index (χ0v) is 14.3. The minimum atomic E-state index is -0.105. The van der Waals surface area contributed by atoms with Gasteiger partial charge in [0.05, 0.1) is 5.39 Å². The van der Waals surface area contributed by atoms with E-state index in [1.54, 1.807) is 0 Å². The normalized spacial score (nSPS) is 11.0. The van der Waals surface area contributed by atoms with Gasteiger partial charge in [-0.1, -0.05) is 58.4 Å². The Hall–Kier alpha value is -2.24. The Morgan fingerprint density at radius 2 is 1.70 bits per heavy atom. The van der Waals surface area contributed by atoms with Crippen molar-refractivity contribution in [2.45, 2.75) is 0 Å². The van der Waals surface area contributed by atoms with Crippen LogP contribution in [-0.4, -0.2) is 9.97 Å². The van der Waals surface area contributed by atoms with Gasteiger partial charge in [-0.05, 0) is 23.8 Å². The maximum atomic E-state index is 12.4. The maximum absolute atomic E-state index is 12.4. The van der Waals surface area contributed by atoms with Crippen LogP contribution < -0.4 is 5.56 Å². The van der Waals surface area contributed by atoms with Crippen molar-refractivity contribution >= 4 is 37.5 Å². The van der Waals surface area contributed by atoms with E-state index in [4.69, 9.17) is 0 Å². The van der Waals surface area contributed by atoms with Crippen LogP contribution in [0.5, 0.6) is 0 Å². The van der Waals surface area contributed by atoms with Gasteiger partial charge in [-0.15, -0.1) is 11.3 Å². The number of hydrogen-bond acceptors (Lipinski definition) is 3. The van der Waals surface area contributed by atoms with Gasteiger partial charge in [0.15, 0.2) is 0 Å². The highest BCUT2D eigenvalue weighted by molar-refractivity contribution is 9.10. The minimum absolute atomic E-state index is 0.105. The summed E-state index contributed by atoms with van der Waals surface area (Å²) in [6, 6.07) is 19.7. The molecule has 0 aliphatic carbocycles. The molecule has 0 saturated heterocycles. The molecule has 0 amide bonds. The second kappa shape index (κ2) is 5.76. The highest BCUT2D eigenvalue weighted by Crippen LogP contribution is 2.31. The quantitative estimate of drug-likeness (QED) is 0.525. The molecule has 0 radical (unpaired) electrons. The first kappa shape index (κ1) is 14.4. The van der Waals surface area contributed by atoms with Crippen LogP contribution in [0.4, 0.5) is 0 Å². The summed E-state index contributed by atoms with van der Waals surface area (Å²) in [5.74, 6) is 0.594. The third-order valence-electron chi connectivity index (χ3n) is 3.58. The number of nitrogens with zero attached hydrogens (tertiary/aromatic N) is 1. The highest BCUT2D eigenvalue weighted by atomic mass is 79.9. The summed E-state index contributed by atoms with van der Waals surface area (Å²) in [5.41, 5.74) is 1.88. The SMILES string of the molecule is O=c1[nH]c(-c2ccc(Br)cc2)nc2sc(-c3ccccc3)cc12. The van der Waals surface area contributed by atoms with Gasteiger partial charge < -0.3 is 4.98 Å². The standard InChI is InChI=1S/C18H11BrN2OS/c19-13-8-6-12(7-9-13)16-20-17(22)14-10-15(23-18(14)21-16)11-4-2-1-3-5-11/h1-10H,(H,20,21,22). The molecule has 0 spiro atoms. The van der Waals surface area contributed by atoms with Crippen molar-refractivity contribution < 1.29 is 0 Å². The number of hydrogen-bond donors (Lipinski definition) is 1. The van der Waals surface area contributed by atoms with E-state index in [1.807, 2.05) is 60.7 Å². The van der Waals surface area contributed by atoms with Gasteiger partial charge in [0.1, 0.15) is 10.7 Å². The molecule has 1 N–H and O–H groups in total. The molecule has 4 aromatic rings. The van der Waals surface area contributed by atoms with E-state index in [-0.39, 0.29) is 5.56 Å². The smallest absolute Gasteiger partial charge is 0.259 e. The Balaban J connectivity index is 1.87. The van der Waals surface area contributed by atoms with Crippen molar-refractivity contribution in [1.82, 2.24) is 9.97 Å². The molecule has 0 aliphatic heterocycles. The summed E-state index contributed by atoms with van der Waals surface area (Å²) in [7, 11) is 0. The average Bonchev–Trinajstić information content (AvgIpc) is 3.01. The molecule has 0 aliphatic rings. The monoisotopic (exact) mass is 382 g/mol. The zero-order chi connectivity index (χ0) is 15.8. The number of rotatable bonds is 2. The topological polar surface area (TPSA) is 45.8 Å². The molecule has 112 valence electrons. The molecule has 2 aromatic carbocycles. The van der Waals surface area contributed by atoms with E-state index >= 15 is 0 Å². The maximum Gasteiger partial charge on any atom is 0.259 e. The van der Waals surface area contributed by atoms with Gasteiger partial charge in [0, 0.05) is 14.9 Å². The number of nitrogens with one attached hydrogen (secondary N) is 1. The Bertz CT molecular complexity index is 1040. The lowest BCUT2D eigenvalue weighted by molar-refractivity contribution is 1.19. The minimum Gasteiger partial charge on any atom is -0.306 e. The lowest BCUT2D eigenvalue weighted by Crippen LogP contribution is -2.07. The second-order valence-electron chi connectivity index (χ2n) is 5.12. The lowest BCUT2D eigenvalue weighted by Gasteiger charge is -2.00. The molecule has 23 heavy (non-hydrogen) atoms. The van der Waals surface area contributed by atoms with Crippen LogP contribution in [-0.2, 0) is 0 Å². The van der Waals surface area contributed by atoms with Gasteiger partial charge >= 0.3 is 0 Å². The van der Waals surface area contributed by atoms with E-state index in [1.165, 1.54) is 11.3 Å². The molecule has 0 bridgehead atoms. The first-order valence-electron chi connectivity index (χ1n) is 7.06. The third-order valence-corrected chi connectivity index (χ3v) is 5.19. The summed E-state index contributed by atoms with van der Waals surface area (Å²) >= 11 is 4.95. The first-order valence-corrected chi connectivity index (χ1v) is 8.67. The molecule has 0 atom stereocenters. The predicted octanol–water partition coefficient (Wildman–Crippen LogP) is 5.08. The summed E-state index contributed by atoms with van der Waals surface area (Å²) in [4.78, 5) is 21.7. The number of aromatic amines is 1. The zero-order valence-electron chi connectivity index (χ0n) is 11.9. The molecule has 0 saturated carbocycles. The van der Waals surface area contributed by atoms with Gasteiger partial charge in [-0.2, -0.15) is 0 Å².